The minimum absolute atomic E-state index is 0.139. The fourth-order valence-electron chi connectivity index (χ4n) is 1.11. The van der Waals surface area contributed by atoms with Crippen LogP contribution in [0, 0.1) is 0 Å². The van der Waals surface area contributed by atoms with Crippen molar-refractivity contribution in [3.8, 4) is 0 Å². The van der Waals surface area contributed by atoms with Gasteiger partial charge in [0.25, 0.3) is 0 Å². The highest BCUT2D eigenvalue weighted by Gasteiger charge is 2.06. The standard InChI is InChI=1S/C9H16N2S/c1-2-7-3-4-9(12-7)8(11)5-6-10/h3-4,8H,2,5-6,10-11H2,1H3/t8-/m0/s1. The quantitative estimate of drug-likeness (QED) is 0.747. The van der Waals surface area contributed by atoms with Gasteiger partial charge in [-0.15, -0.1) is 11.3 Å². The Balaban J connectivity index is 2.61. The molecule has 1 aromatic rings. The summed E-state index contributed by atoms with van der Waals surface area (Å²) < 4.78 is 0. The fourth-order valence-corrected chi connectivity index (χ4v) is 2.09. The van der Waals surface area contributed by atoms with Gasteiger partial charge < -0.3 is 11.5 Å². The largest absolute Gasteiger partial charge is 0.330 e. The zero-order valence-corrected chi connectivity index (χ0v) is 8.23. The van der Waals surface area contributed by atoms with E-state index in [0.29, 0.717) is 6.54 Å². The highest BCUT2D eigenvalue weighted by atomic mass is 32.1. The first-order chi connectivity index (χ1) is 5.77. The molecule has 0 aromatic carbocycles. The van der Waals surface area contributed by atoms with Crippen molar-refractivity contribution in [3.05, 3.63) is 21.9 Å². The molecule has 0 radical (unpaired) electrons. The minimum atomic E-state index is 0.139. The van der Waals surface area contributed by atoms with E-state index in [-0.39, 0.29) is 6.04 Å². The molecular weight excluding hydrogens is 168 g/mol. The van der Waals surface area contributed by atoms with Crippen LogP contribution in [-0.4, -0.2) is 6.54 Å². The van der Waals surface area contributed by atoms with Crippen molar-refractivity contribution in [2.24, 2.45) is 11.5 Å². The third-order valence-corrected chi connectivity index (χ3v) is 3.24. The van der Waals surface area contributed by atoms with Gasteiger partial charge in [0, 0.05) is 15.8 Å². The van der Waals surface area contributed by atoms with Crippen LogP contribution in [0.15, 0.2) is 12.1 Å². The van der Waals surface area contributed by atoms with Crippen LogP contribution in [-0.2, 0) is 6.42 Å². The van der Waals surface area contributed by atoms with E-state index in [1.807, 2.05) is 0 Å². The monoisotopic (exact) mass is 184 g/mol. The molecule has 0 aliphatic carbocycles. The van der Waals surface area contributed by atoms with Crippen molar-refractivity contribution >= 4 is 11.3 Å². The molecule has 0 bridgehead atoms. The van der Waals surface area contributed by atoms with Crippen molar-refractivity contribution < 1.29 is 0 Å². The van der Waals surface area contributed by atoms with E-state index in [0.717, 1.165) is 12.8 Å². The van der Waals surface area contributed by atoms with Crippen molar-refractivity contribution in [3.63, 3.8) is 0 Å². The van der Waals surface area contributed by atoms with Gasteiger partial charge in [-0.1, -0.05) is 6.92 Å². The molecule has 12 heavy (non-hydrogen) atoms. The SMILES string of the molecule is CCc1ccc([C@@H](N)CCN)s1. The Morgan fingerprint density at radius 1 is 1.50 bits per heavy atom. The van der Waals surface area contributed by atoms with Gasteiger partial charge >= 0.3 is 0 Å². The van der Waals surface area contributed by atoms with Crippen LogP contribution in [0.3, 0.4) is 0 Å². The van der Waals surface area contributed by atoms with Gasteiger partial charge in [-0.25, -0.2) is 0 Å². The summed E-state index contributed by atoms with van der Waals surface area (Å²) in [4.78, 5) is 2.66. The zero-order valence-electron chi connectivity index (χ0n) is 7.42. The molecule has 1 heterocycles. The van der Waals surface area contributed by atoms with Crippen LogP contribution in [0.4, 0.5) is 0 Å². The van der Waals surface area contributed by atoms with Gasteiger partial charge in [-0.3, -0.25) is 0 Å². The molecule has 1 aromatic heterocycles. The number of nitrogens with two attached hydrogens (primary N) is 2. The summed E-state index contributed by atoms with van der Waals surface area (Å²) in [6, 6.07) is 4.40. The summed E-state index contributed by atoms with van der Waals surface area (Å²) in [5, 5.41) is 0. The van der Waals surface area contributed by atoms with Crippen LogP contribution in [0.2, 0.25) is 0 Å². The van der Waals surface area contributed by atoms with Gasteiger partial charge in [0.05, 0.1) is 0 Å². The average Bonchev–Trinajstić information content (AvgIpc) is 2.52. The molecule has 3 heteroatoms. The molecule has 1 rings (SSSR count). The Morgan fingerprint density at radius 3 is 2.75 bits per heavy atom. The Morgan fingerprint density at radius 2 is 2.25 bits per heavy atom. The van der Waals surface area contributed by atoms with Crippen LogP contribution in [0.5, 0.6) is 0 Å². The van der Waals surface area contributed by atoms with Crippen molar-refractivity contribution in [1.29, 1.82) is 0 Å². The Hall–Kier alpha value is -0.380. The molecule has 0 aliphatic rings. The smallest absolute Gasteiger partial charge is 0.0401 e. The third kappa shape index (κ3) is 2.30. The lowest BCUT2D eigenvalue weighted by Gasteiger charge is -2.06. The topological polar surface area (TPSA) is 52.0 Å². The third-order valence-electron chi connectivity index (χ3n) is 1.87. The van der Waals surface area contributed by atoms with E-state index in [2.05, 4.69) is 19.1 Å². The minimum Gasteiger partial charge on any atom is -0.330 e. The first-order valence-corrected chi connectivity index (χ1v) is 5.13. The van der Waals surface area contributed by atoms with Gasteiger partial charge in [0.15, 0.2) is 0 Å². The number of hydrogen-bond donors (Lipinski definition) is 2. The van der Waals surface area contributed by atoms with Crippen LogP contribution in [0.25, 0.3) is 0 Å². The van der Waals surface area contributed by atoms with E-state index >= 15 is 0 Å². The maximum Gasteiger partial charge on any atom is 0.0401 e. The normalized spacial score (nSPS) is 13.2. The van der Waals surface area contributed by atoms with Gasteiger partial charge in [0.2, 0.25) is 0 Å². The van der Waals surface area contributed by atoms with E-state index in [1.165, 1.54) is 9.75 Å². The second-order valence-electron chi connectivity index (χ2n) is 2.84. The molecule has 0 saturated carbocycles. The summed E-state index contributed by atoms with van der Waals surface area (Å²) in [5.74, 6) is 0. The fraction of sp³-hybridized carbons (Fsp3) is 0.556. The predicted octanol–water partition coefficient (Wildman–Crippen LogP) is 1.66. The lowest BCUT2D eigenvalue weighted by molar-refractivity contribution is 0.672. The lowest BCUT2D eigenvalue weighted by Crippen LogP contribution is -2.13. The molecular formula is C9H16N2S. The second-order valence-corrected chi connectivity index (χ2v) is 4.04. The van der Waals surface area contributed by atoms with E-state index in [9.17, 15) is 0 Å². The number of rotatable bonds is 4. The molecule has 0 fully saturated rings. The molecule has 68 valence electrons. The highest BCUT2D eigenvalue weighted by Crippen LogP contribution is 2.23. The summed E-state index contributed by atoms with van der Waals surface area (Å²) in [6.45, 7) is 2.82. The Bertz CT molecular complexity index is 232. The highest BCUT2D eigenvalue weighted by molar-refractivity contribution is 7.12. The van der Waals surface area contributed by atoms with Gasteiger partial charge in [-0.2, -0.15) is 0 Å². The number of aryl methyl sites for hydroxylation is 1. The van der Waals surface area contributed by atoms with E-state index < -0.39 is 0 Å². The Labute approximate surface area is 77.6 Å². The molecule has 0 amide bonds. The average molecular weight is 184 g/mol. The first-order valence-electron chi connectivity index (χ1n) is 4.32. The maximum absolute atomic E-state index is 5.90. The molecule has 0 aliphatic heterocycles. The van der Waals surface area contributed by atoms with Crippen molar-refractivity contribution in [2.45, 2.75) is 25.8 Å². The summed E-state index contributed by atoms with van der Waals surface area (Å²) in [6.07, 6.45) is 1.98. The molecule has 1 atom stereocenters. The van der Waals surface area contributed by atoms with Crippen molar-refractivity contribution in [1.82, 2.24) is 0 Å². The molecule has 0 saturated heterocycles. The van der Waals surface area contributed by atoms with Crippen molar-refractivity contribution in [2.75, 3.05) is 6.54 Å². The molecule has 4 N–H and O–H groups in total. The van der Waals surface area contributed by atoms with E-state index in [1.54, 1.807) is 11.3 Å². The first kappa shape index (κ1) is 9.71. The summed E-state index contributed by atoms with van der Waals surface area (Å²) >= 11 is 1.80. The number of thiophene rings is 1. The van der Waals surface area contributed by atoms with Crippen LogP contribution < -0.4 is 11.5 Å². The van der Waals surface area contributed by atoms with Gasteiger partial charge in [-0.05, 0) is 31.5 Å². The molecule has 0 unspecified atom stereocenters. The Kier molecular flexibility index (Phi) is 3.72. The maximum atomic E-state index is 5.90. The van der Waals surface area contributed by atoms with Gasteiger partial charge in [0.1, 0.15) is 0 Å². The van der Waals surface area contributed by atoms with Crippen LogP contribution >= 0.6 is 11.3 Å². The molecule has 0 spiro atoms. The number of hydrogen-bond acceptors (Lipinski definition) is 3. The predicted molar refractivity (Wildman–Crippen MR) is 54.3 cm³/mol. The zero-order chi connectivity index (χ0) is 8.97. The van der Waals surface area contributed by atoms with Crippen LogP contribution in [0.1, 0.15) is 29.1 Å². The lowest BCUT2D eigenvalue weighted by atomic mass is 10.2. The summed E-state index contributed by atoms with van der Waals surface area (Å²) in [5.41, 5.74) is 11.3. The van der Waals surface area contributed by atoms with E-state index in [4.69, 9.17) is 11.5 Å². The molecule has 2 nitrogen and oxygen atoms in total. The second kappa shape index (κ2) is 4.60. The summed E-state index contributed by atoms with van der Waals surface area (Å²) in [7, 11) is 0.